The molecule has 0 spiro atoms. The summed E-state index contributed by atoms with van der Waals surface area (Å²) in [5, 5.41) is 10.5. The number of non-ortho nitro benzene ring substituents is 1. The molecule has 1 aliphatic rings. The van der Waals surface area contributed by atoms with Crippen molar-refractivity contribution in [3.63, 3.8) is 0 Å². The van der Waals surface area contributed by atoms with Gasteiger partial charge in [-0.25, -0.2) is 0 Å². The number of carbonyl (C=O) groups excluding carboxylic acids is 2. The van der Waals surface area contributed by atoms with Crippen LogP contribution >= 0.6 is 11.6 Å². The Morgan fingerprint density at radius 1 is 1.12 bits per heavy atom. The highest BCUT2D eigenvalue weighted by Gasteiger charge is 2.37. The molecule has 2 amide bonds. The number of imide groups is 1. The molecule has 0 atom stereocenters. The molecular formula is C17H19ClN2O5. The van der Waals surface area contributed by atoms with Gasteiger partial charge in [0.1, 0.15) is 5.03 Å². The average molecular weight is 367 g/mol. The van der Waals surface area contributed by atoms with E-state index < -0.39 is 16.7 Å². The van der Waals surface area contributed by atoms with Crippen molar-refractivity contribution in [1.82, 2.24) is 4.90 Å². The molecule has 1 heterocycles. The van der Waals surface area contributed by atoms with E-state index in [9.17, 15) is 19.7 Å². The minimum Gasteiger partial charge on any atom is -0.381 e. The van der Waals surface area contributed by atoms with Crippen molar-refractivity contribution in [2.24, 2.45) is 0 Å². The average Bonchev–Trinajstić information content (AvgIpc) is 2.81. The van der Waals surface area contributed by atoms with E-state index in [0.29, 0.717) is 25.2 Å². The second-order valence-electron chi connectivity index (χ2n) is 5.57. The largest absolute Gasteiger partial charge is 0.381 e. The van der Waals surface area contributed by atoms with Crippen LogP contribution in [0.15, 0.2) is 29.3 Å². The van der Waals surface area contributed by atoms with Crippen molar-refractivity contribution in [2.45, 2.75) is 26.2 Å². The van der Waals surface area contributed by atoms with Crippen LogP contribution in [0.2, 0.25) is 0 Å². The third-order valence-corrected chi connectivity index (χ3v) is 4.14. The van der Waals surface area contributed by atoms with E-state index in [1.165, 1.54) is 24.3 Å². The molecule has 0 aliphatic carbocycles. The lowest BCUT2D eigenvalue weighted by molar-refractivity contribution is -0.384. The first kappa shape index (κ1) is 19.1. The summed E-state index contributed by atoms with van der Waals surface area (Å²) in [5.41, 5.74) is 0.363. The molecular weight excluding hydrogens is 348 g/mol. The fourth-order valence-corrected chi connectivity index (χ4v) is 2.71. The predicted molar refractivity (Wildman–Crippen MR) is 92.9 cm³/mol. The summed E-state index contributed by atoms with van der Waals surface area (Å²) in [6.07, 6.45) is 2.54. The Labute approximate surface area is 150 Å². The molecule has 0 unspecified atom stereocenters. The van der Waals surface area contributed by atoms with Crippen molar-refractivity contribution >= 4 is 34.7 Å². The Hall–Kier alpha value is -2.25. The molecule has 0 radical (unpaired) electrons. The zero-order valence-electron chi connectivity index (χ0n) is 13.9. The van der Waals surface area contributed by atoms with Crippen molar-refractivity contribution in [3.8, 4) is 0 Å². The van der Waals surface area contributed by atoms with Crippen molar-refractivity contribution in [1.29, 1.82) is 0 Å². The highest BCUT2D eigenvalue weighted by atomic mass is 35.5. The van der Waals surface area contributed by atoms with Gasteiger partial charge in [-0.3, -0.25) is 24.6 Å². The number of nitro benzene ring substituents is 1. The van der Waals surface area contributed by atoms with Crippen LogP contribution in [0.5, 0.6) is 0 Å². The summed E-state index contributed by atoms with van der Waals surface area (Å²) >= 11 is 6.04. The molecule has 0 aromatic heterocycles. The Bertz CT molecular complexity index is 699. The maximum absolute atomic E-state index is 12.5. The van der Waals surface area contributed by atoms with Crippen LogP contribution in [-0.4, -0.2) is 41.4 Å². The number of hydrogen-bond donors (Lipinski definition) is 0. The number of amides is 2. The number of nitrogens with zero attached hydrogens (tertiary/aromatic N) is 2. The summed E-state index contributed by atoms with van der Waals surface area (Å²) in [5.74, 6) is -1.04. The van der Waals surface area contributed by atoms with E-state index in [4.69, 9.17) is 16.3 Å². The Morgan fingerprint density at radius 3 is 2.36 bits per heavy atom. The standard InChI is InChI=1S/C17H19ClN2O5/c1-2-3-10-25-11-4-9-19-16(21)14(15(18)17(19)22)12-5-7-13(8-6-12)20(23)24/h5-8H,2-4,9-11H2,1H3. The lowest BCUT2D eigenvalue weighted by Crippen LogP contribution is -2.32. The summed E-state index contributed by atoms with van der Waals surface area (Å²) in [4.78, 5) is 36.0. The molecule has 0 bridgehead atoms. The van der Waals surface area contributed by atoms with Crippen LogP contribution in [0.3, 0.4) is 0 Å². The van der Waals surface area contributed by atoms with E-state index >= 15 is 0 Å². The Balaban J connectivity index is 2.02. The number of unbranched alkanes of at least 4 members (excludes halogenated alkanes) is 1. The molecule has 1 aliphatic heterocycles. The van der Waals surface area contributed by atoms with Gasteiger partial charge in [-0.1, -0.05) is 24.9 Å². The van der Waals surface area contributed by atoms with E-state index in [1.54, 1.807) is 0 Å². The van der Waals surface area contributed by atoms with Crippen LogP contribution in [0, 0.1) is 10.1 Å². The molecule has 2 rings (SSSR count). The number of carbonyl (C=O) groups is 2. The van der Waals surface area contributed by atoms with Crippen LogP contribution < -0.4 is 0 Å². The lowest BCUT2D eigenvalue weighted by atomic mass is 10.1. The minimum absolute atomic E-state index is 0.0773. The van der Waals surface area contributed by atoms with E-state index in [0.717, 1.165) is 17.7 Å². The van der Waals surface area contributed by atoms with Crippen molar-refractivity contribution in [2.75, 3.05) is 19.8 Å². The fourth-order valence-electron chi connectivity index (χ4n) is 2.42. The zero-order chi connectivity index (χ0) is 18.4. The number of benzene rings is 1. The number of rotatable bonds is 9. The summed E-state index contributed by atoms with van der Waals surface area (Å²) in [6, 6.07) is 5.37. The normalized spacial score (nSPS) is 14.6. The quantitative estimate of drug-likeness (QED) is 0.290. The highest BCUT2D eigenvalue weighted by molar-refractivity contribution is 6.55. The zero-order valence-corrected chi connectivity index (χ0v) is 14.6. The fraction of sp³-hybridized carbons (Fsp3) is 0.412. The second kappa shape index (κ2) is 8.73. The highest BCUT2D eigenvalue weighted by Crippen LogP contribution is 2.32. The van der Waals surface area contributed by atoms with Crippen LogP contribution in [0.1, 0.15) is 31.7 Å². The van der Waals surface area contributed by atoms with Gasteiger partial charge in [0.25, 0.3) is 17.5 Å². The Kier molecular flexibility index (Phi) is 6.66. The first-order valence-corrected chi connectivity index (χ1v) is 8.43. The monoisotopic (exact) mass is 366 g/mol. The second-order valence-corrected chi connectivity index (χ2v) is 5.95. The van der Waals surface area contributed by atoms with Gasteiger partial charge in [-0.05, 0) is 30.5 Å². The van der Waals surface area contributed by atoms with Gasteiger partial charge in [0.05, 0.1) is 10.5 Å². The summed E-state index contributed by atoms with van der Waals surface area (Å²) < 4.78 is 5.42. The van der Waals surface area contributed by atoms with Crippen molar-refractivity contribution in [3.05, 3.63) is 45.0 Å². The molecule has 0 fully saturated rings. The number of hydrogen-bond acceptors (Lipinski definition) is 5. The SMILES string of the molecule is CCCCOCCCN1C(=O)C(Cl)=C(c2ccc([N+](=O)[O-])cc2)C1=O. The van der Waals surface area contributed by atoms with Crippen LogP contribution in [0.25, 0.3) is 5.57 Å². The van der Waals surface area contributed by atoms with E-state index in [2.05, 4.69) is 6.92 Å². The van der Waals surface area contributed by atoms with Crippen molar-refractivity contribution < 1.29 is 19.2 Å². The van der Waals surface area contributed by atoms with Crippen LogP contribution in [0.4, 0.5) is 5.69 Å². The van der Waals surface area contributed by atoms with E-state index in [-0.39, 0.29) is 22.8 Å². The van der Waals surface area contributed by atoms with Crippen LogP contribution in [-0.2, 0) is 14.3 Å². The number of ether oxygens (including phenoxy) is 1. The summed E-state index contributed by atoms with van der Waals surface area (Å²) in [6.45, 7) is 3.40. The summed E-state index contributed by atoms with van der Waals surface area (Å²) in [7, 11) is 0. The van der Waals surface area contributed by atoms with Gasteiger partial charge in [-0.15, -0.1) is 0 Å². The topological polar surface area (TPSA) is 89.8 Å². The van der Waals surface area contributed by atoms with Gasteiger partial charge in [0.15, 0.2) is 0 Å². The Morgan fingerprint density at radius 2 is 1.76 bits per heavy atom. The molecule has 0 saturated carbocycles. The lowest BCUT2D eigenvalue weighted by Gasteiger charge is -2.14. The molecule has 1 aromatic rings. The van der Waals surface area contributed by atoms with Gasteiger partial charge in [0.2, 0.25) is 0 Å². The maximum Gasteiger partial charge on any atom is 0.273 e. The third-order valence-electron chi connectivity index (χ3n) is 3.79. The molecule has 0 saturated heterocycles. The predicted octanol–water partition coefficient (Wildman–Crippen LogP) is 3.12. The smallest absolute Gasteiger partial charge is 0.273 e. The maximum atomic E-state index is 12.5. The molecule has 1 aromatic carbocycles. The minimum atomic E-state index is -0.548. The number of halogens is 1. The van der Waals surface area contributed by atoms with Gasteiger partial charge < -0.3 is 4.74 Å². The molecule has 134 valence electrons. The molecule has 7 nitrogen and oxygen atoms in total. The van der Waals surface area contributed by atoms with E-state index in [1.807, 2.05) is 0 Å². The van der Waals surface area contributed by atoms with Gasteiger partial charge in [-0.2, -0.15) is 0 Å². The third kappa shape index (κ3) is 4.43. The number of nitro groups is 1. The molecule has 25 heavy (non-hydrogen) atoms. The first-order valence-electron chi connectivity index (χ1n) is 8.06. The van der Waals surface area contributed by atoms with Gasteiger partial charge >= 0.3 is 0 Å². The first-order chi connectivity index (χ1) is 12.0. The molecule has 8 heteroatoms. The molecule has 0 N–H and O–H groups in total. The van der Waals surface area contributed by atoms with Gasteiger partial charge in [0, 0.05) is 31.9 Å².